The maximum absolute atomic E-state index is 12.9. The van der Waals surface area contributed by atoms with Crippen molar-refractivity contribution in [1.82, 2.24) is 4.90 Å². The van der Waals surface area contributed by atoms with Gasteiger partial charge in [0.15, 0.2) is 23.0 Å². The van der Waals surface area contributed by atoms with Crippen LogP contribution in [0, 0.1) is 0 Å². The van der Waals surface area contributed by atoms with Gasteiger partial charge in [0.1, 0.15) is 6.61 Å². The normalized spacial score (nSPS) is 23.2. The number of ether oxygens (including phenoxy) is 4. The minimum absolute atomic E-state index is 0.0113. The van der Waals surface area contributed by atoms with Crippen molar-refractivity contribution in [3.05, 3.63) is 48.0 Å². The van der Waals surface area contributed by atoms with Crippen molar-refractivity contribution in [2.45, 2.75) is 18.4 Å². The van der Waals surface area contributed by atoms with E-state index in [1.165, 1.54) is 5.56 Å². The van der Waals surface area contributed by atoms with E-state index in [4.69, 9.17) is 18.9 Å². The third kappa shape index (κ3) is 2.62. The lowest BCUT2D eigenvalue weighted by Crippen LogP contribution is -2.45. The van der Waals surface area contributed by atoms with Crippen molar-refractivity contribution in [2.75, 3.05) is 26.5 Å². The van der Waals surface area contributed by atoms with Gasteiger partial charge in [-0.15, -0.1) is 0 Å². The summed E-state index contributed by atoms with van der Waals surface area (Å²) < 4.78 is 22.4. The number of rotatable bonds is 2. The van der Waals surface area contributed by atoms with Crippen LogP contribution < -0.4 is 18.9 Å². The van der Waals surface area contributed by atoms with Gasteiger partial charge in [0.25, 0.3) is 5.91 Å². The summed E-state index contributed by atoms with van der Waals surface area (Å²) in [5.41, 5.74) is 1.18. The number of hydrogen-bond donors (Lipinski definition) is 0. The Morgan fingerprint density at radius 3 is 2.69 bits per heavy atom. The predicted molar refractivity (Wildman–Crippen MR) is 92.9 cm³/mol. The Balaban J connectivity index is 1.27. The molecule has 3 aliphatic heterocycles. The lowest BCUT2D eigenvalue weighted by molar-refractivity contribution is -0.140. The van der Waals surface area contributed by atoms with Gasteiger partial charge in [0, 0.05) is 19.0 Å². The summed E-state index contributed by atoms with van der Waals surface area (Å²) in [4.78, 5) is 14.7. The molecule has 134 valence electrons. The maximum Gasteiger partial charge on any atom is 0.267 e. The molecule has 26 heavy (non-hydrogen) atoms. The van der Waals surface area contributed by atoms with Crippen LogP contribution in [0.15, 0.2) is 42.5 Å². The Kier molecular flexibility index (Phi) is 3.62. The molecule has 0 bridgehead atoms. The van der Waals surface area contributed by atoms with Gasteiger partial charge in [-0.3, -0.25) is 4.79 Å². The highest BCUT2D eigenvalue weighted by Gasteiger charge is 2.35. The Bertz CT molecular complexity index is 852. The van der Waals surface area contributed by atoms with Crippen LogP contribution in [0.5, 0.6) is 23.0 Å². The van der Waals surface area contributed by atoms with Crippen LogP contribution in [-0.4, -0.2) is 43.4 Å². The Labute approximate surface area is 151 Å². The van der Waals surface area contributed by atoms with Crippen molar-refractivity contribution in [3.8, 4) is 23.0 Å². The lowest BCUT2D eigenvalue weighted by Gasteiger charge is -2.28. The topological polar surface area (TPSA) is 57.2 Å². The lowest BCUT2D eigenvalue weighted by atomic mass is 9.98. The number of benzene rings is 2. The molecule has 6 nitrogen and oxygen atoms in total. The average molecular weight is 353 g/mol. The highest BCUT2D eigenvalue weighted by molar-refractivity contribution is 5.82. The first-order valence-corrected chi connectivity index (χ1v) is 8.85. The third-order valence-corrected chi connectivity index (χ3v) is 5.15. The number of hydrogen-bond acceptors (Lipinski definition) is 5. The Hall–Kier alpha value is -2.89. The SMILES string of the molecule is O=C(C1COc2ccccc2O1)N1CCC(c2ccc3c(c2)OCO3)C1. The van der Waals surface area contributed by atoms with Crippen LogP contribution in [0.25, 0.3) is 0 Å². The van der Waals surface area contributed by atoms with E-state index in [0.29, 0.717) is 24.0 Å². The second-order valence-electron chi connectivity index (χ2n) is 6.75. The van der Waals surface area contributed by atoms with Gasteiger partial charge in [0.05, 0.1) is 0 Å². The number of nitrogens with zero attached hydrogens (tertiary/aromatic N) is 1. The quantitative estimate of drug-likeness (QED) is 0.831. The molecule has 0 aliphatic carbocycles. The monoisotopic (exact) mass is 353 g/mol. The molecule has 5 rings (SSSR count). The van der Waals surface area contributed by atoms with Crippen LogP contribution in [0.4, 0.5) is 0 Å². The number of fused-ring (bicyclic) bond motifs is 2. The summed E-state index contributed by atoms with van der Waals surface area (Å²) in [5, 5.41) is 0. The average Bonchev–Trinajstić information content (AvgIpc) is 3.35. The molecule has 2 unspecified atom stereocenters. The first-order valence-electron chi connectivity index (χ1n) is 8.85. The highest BCUT2D eigenvalue weighted by atomic mass is 16.7. The van der Waals surface area contributed by atoms with E-state index in [0.717, 1.165) is 24.5 Å². The van der Waals surface area contributed by atoms with Gasteiger partial charge in [0.2, 0.25) is 12.9 Å². The van der Waals surface area contributed by atoms with Crippen LogP contribution in [0.3, 0.4) is 0 Å². The molecule has 2 aromatic carbocycles. The number of amides is 1. The number of carbonyl (C=O) groups is 1. The molecule has 1 fully saturated rings. The fourth-order valence-electron chi connectivity index (χ4n) is 3.74. The minimum atomic E-state index is -0.583. The second-order valence-corrected chi connectivity index (χ2v) is 6.75. The summed E-state index contributed by atoms with van der Waals surface area (Å²) in [7, 11) is 0. The van der Waals surface area contributed by atoms with Gasteiger partial charge in [-0.05, 0) is 36.2 Å². The van der Waals surface area contributed by atoms with Crippen LogP contribution in [-0.2, 0) is 4.79 Å². The summed E-state index contributed by atoms with van der Waals surface area (Å²) in [6.45, 7) is 1.93. The predicted octanol–water partition coefficient (Wildman–Crippen LogP) is 2.57. The summed E-state index contributed by atoms with van der Waals surface area (Å²) in [6, 6.07) is 13.5. The fourth-order valence-corrected chi connectivity index (χ4v) is 3.74. The number of likely N-dealkylation sites (tertiary alicyclic amines) is 1. The van der Waals surface area contributed by atoms with Crippen LogP contribution in [0.1, 0.15) is 17.9 Å². The first-order chi connectivity index (χ1) is 12.8. The Morgan fingerprint density at radius 1 is 0.962 bits per heavy atom. The minimum Gasteiger partial charge on any atom is -0.485 e. The summed E-state index contributed by atoms with van der Waals surface area (Å²) >= 11 is 0. The standard InChI is InChI=1S/C20H19NO5/c22-20(19-11-23-15-3-1-2-4-17(15)26-19)21-8-7-14(10-21)13-5-6-16-18(9-13)25-12-24-16/h1-6,9,14,19H,7-8,10-12H2. The third-order valence-electron chi connectivity index (χ3n) is 5.15. The maximum atomic E-state index is 12.9. The molecular weight excluding hydrogens is 334 g/mol. The molecule has 2 aromatic rings. The van der Waals surface area contributed by atoms with Crippen LogP contribution >= 0.6 is 0 Å². The molecular formula is C20H19NO5. The van der Waals surface area contributed by atoms with E-state index in [1.54, 1.807) is 0 Å². The number of carbonyl (C=O) groups excluding carboxylic acids is 1. The molecule has 0 N–H and O–H groups in total. The van der Waals surface area contributed by atoms with Crippen molar-refractivity contribution < 1.29 is 23.7 Å². The fraction of sp³-hybridized carbons (Fsp3) is 0.350. The summed E-state index contributed by atoms with van der Waals surface area (Å²) in [6.07, 6.45) is 0.343. The molecule has 1 amide bonds. The highest BCUT2D eigenvalue weighted by Crippen LogP contribution is 2.37. The van der Waals surface area contributed by atoms with Gasteiger partial charge in [-0.2, -0.15) is 0 Å². The van der Waals surface area contributed by atoms with Gasteiger partial charge in [-0.1, -0.05) is 18.2 Å². The van der Waals surface area contributed by atoms with Gasteiger partial charge in [-0.25, -0.2) is 0 Å². The van der Waals surface area contributed by atoms with Gasteiger partial charge >= 0.3 is 0 Å². The van der Waals surface area contributed by atoms with Crippen LogP contribution in [0.2, 0.25) is 0 Å². The largest absolute Gasteiger partial charge is 0.485 e. The second kappa shape index (κ2) is 6.12. The van der Waals surface area contributed by atoms with Gasteiger partial charge < -0.3 is 23.8 Å². The van der Waals surface area contributed by atoms with E-state index in [9.17, 15) is 4.79 Å². The van der Waals surface area contributed by atoms with Crippen molar-refractivity contribution >= 4 is 5.91 Å². The van der Waals surface area contributed by atoms with E-state index < -0.39 is 6.10 Å². The molecule has 3 aliphatic rings. The van der Waals surface area contributed by atoms with E-state index in [-0.39, 0.29) is 19.3 Å². The smallest absolute Gasteiger partial charge is 0.267 e. The Morgan fingerprint density at radius 2 is 1.77 bits per heavy atom. The molecule has 3 heterocycles. The van der Waals surface area contributed by atoms with E-state index >= 15 is 0 Å². The van der Waals surface area contributed by atoms with Crippen molar-refractivity contribution in [1.29, 1.82) is 0 Å². The molecule has 2 atom stereocenters. The zero-order chi connectivity index (χ0) is 17.5. The first kappa shape index (κ1) is 15.4. The van der Waals surface area contributed by atoms with Crippen molar-refractivity contribution in [2.24, 2.45) is 0 Å². The zero-order valence-corrected chi connectivity index (χ0v) is 14.2. The zero-order valence-electron chi connectivity index (χ0n) is 14.2. The van der Waals surface area contributed by atoms with E-state index in [1.807, 2.05) is 41.3 Å². The molecule has 6 heteroatoms. The molecule has 0 aromatic heterocycles. The molecule has 0 radical (unpaired) electrons. The molecule has 1 saturated heterocycles. The molecule has 0 spiro atoms. The van der Waals surface area contributed by atoms with E-state index in [2.05, 4.69) is 6.07 Å². The summed E-state index contributed by atoms with van der Waals surface area (Å²) in [5.74, 6) is 3.17. The number of para-hydroxylation sites is 2. The van der Waals surface area contributed by atoms with Crippen molar-refractivity contribution in [3.63, 3.8) is 0 Å². The molecule has 0 saturated carbocycles.